The molecule has 1 amide bonds. The zero-order valence-corrected chi connectivity index (χ0v) is 11.7. The topological polar surface area (TPSA) is 31.2 Å². The van der Waals surface area contributed by atoms with Crippen molar-refractivity contribution in [1.82, 2.24) is 0 Å². The van der Waals surface area contributed by atoms with Crippen LogP contribution >= 0.6 is 0 Å². The fraction of sp³-hybridized carbons (Fsp3) is 0.857. The molecule has 1 aliphatic rings. The van der Waals surface area contributed by atoms with Crippen LogP contribution in [0.25, 0.3) is 5.32 Å². The zero-order valence-electron chi connectivity index (χ0n) is 6.76. The standard InChI is InChI=1S/C7H13NO.Rb/c1-6-4-2-3-5-8-7(6)9;/h6H,2-5H2,1H3,(H,8,9);/q;+1/p-1. The van der Waals surface area contributed by atoms with E-state index in [0.717, 1.165) is 25.8 Å². The molecule has 0 aliphatic carbocycles. The van der Waals surface area contributed by atoms with Crippen LogP contribution in [0.15, 0.2) is 0 Å². The van der Waals surface area contributed by atoms with Gasteiger partial charge in [-0.3, -0.25) is 0 Å². The van der Waals surface area contributed by atoms with Crippen molar-refractivity contribution < 1.29 is 63.0 Å². The fourth-order valence-electron chi connectivity index (χ4n) is 1.03. The quantitative estimate of drug-likeness (QED) is 0.491. The van der Waals surface area contributed by atoms with Crippen LogP contribution in [0.2, 0.25) is 0 Å². The summed E-state index contributed by atoms with van der Waals surface area (Å²) in [5.74, 6) is 0.292. The molecule has 1 aliphatic heterocycles. The molecule has 3 heteroatoms. The van der Waals surface area contributed by atoms with Crippen molar-refractivity contribution in [2.45, 2.75) is 26.2 Å². The van der Waals surface area contributed by atoms with Gasteiger partial charge in [0, 0.05) is 0 Å². The van der Waals surface area contributed by atoms with E-state index in [-0.39, 0.29) is 70.0 Å². The Balaban J connectivity index is 0.000000810. The minimum Gasteiger partial charge on any atom is -0.653 e. The summed E-state index contributed by atoms with van der Waals surface area (Å²) in [7, 11) is 0. The van der Waals surface area contributed by atoms with E-state index >= 15 is 0 Å². The maximum Gasteiger partial charge on any atom is 1.00 e. The van der Waals surface area contributed by atoms with E-state index in [2.05, 4.69) is 5.32 Å². The van der Waals surface area contributed by atoms with Gasteiger partial charge in [0.15, 0.2) is 0 Å². The number of carbonyl (C=O) groups is 1. The third kappa shape index (κ3) is 3.60. The molecule has 0 aromatic heterocycles. The van der Waals surface area contributed by atoms with E-state index in [1.165, 1.54) is 0 Å². The van der Waals surface area contributed by atoms with Crippen LogP contribution in [0.5, 0.6) is 0 Å². The van der Waals surface area contributed by atoms with Gasteiger partial charge >= 0.3 is 58.2 Å². The van der Waals surface area contributed by atoms with Gasteiger partial charge in [0.2, 0.25) is 0 Å². The number of hydrogen-bond acceptors (Lipinski definition) is 1. The molecule has 1 unspecified atom stereocenters. The second-order valence-electron chi connectivity index (χ2n) is 2.62. The van der Waals surface area contributed by atoms with E-state index in [1.807, 2.05) is 6.92 Å². The summed E-state index contributed by atoms with van der Waals surface area (Å²) in [5, 5.41) is 3.87. The Morgan fingerprint density at radius 1 is 1.50 bits per heavy atom. The average molecular weight is 212 g/mol. The first kappa shape index (κ1) is 11.3. The molecule has 0 bridgehead atoms. The molecule has 0 saturated carbocycles. The largest absolute Gasteiger partial charge is 1.00 e. The van der Waals surface area contributed by atoms with E-state index < -0.39 is 0 Å². The number of hydrogen-bond donors (Lipinski definition) is 0. The van der Waals surface area contributed by atoms with Crippen LogP contribution in [-0.4, -0.2) is 12.5 Å². The summed E-state index contributed by atoms with van der Waals surface area (Å²) in [4.78, 5) is 10.8. The first-order valence-electron chi connectivity index (χ1n) is 3.52. The van der Waals surface area contributed by atoms with Gasteiger partial charge in [0.1, 0.15) is 0 Å². The second-order valence-corrected chi connectivity index (χ2v) is 2.62. The summed E-state index contributed by atoms with van der Waals surface area (Å²) >= 11 is 0. The monoisotopic (exact) mass is 211 g/mol. The van der Waals surface area contributed by atoms with Crippen LogP contribution in [0.1, 0.15) is 26.2 Å². The van der Waals surface area contributed by atoms with Crippen molar-refractivity contribution in [2.75, 3.05) is 6.54 Å². The Bertz CT molecular complexity index is 116. The Labute approximate surface area is 111 Å². The van der Waals surface area contributed by atoms with E-state index in [0.29, 0.717) is 0 Å². The molecule has 10 heavy (non-hydrogen) atoms. The van der Waals surface area contributed by atoms with E-state index in [9.17, 15) is 4.79 Å². The summed E-state index contributed by atoms with van der Waals surface area (Å²) in [6.45, 7) is 2.71. The minimum absolute atomic E-state index is 0. The molecular formula is C7H12NORb. The zero-order chi connectivity index (χ0) is 6.69. The van der Waals surface area contributed by atoms with Gasteiger partial charge in [0.05, 0.1) is 5.91 Å². The fourth-order valence-corrected chi connectivity index (χ4v) is 1.03. The van der Waals surface area contributed by atoms with Gasteiger partial charge in [-0.05, 0) is 12.3 Å². The van der Waals surface area contributed by atoms with Crippen molar-refractivity contribution in [3.05, 3.63) is 5.32 Å². The predicted molar refractivity (Wildman–Crippen MR) is 36.2 cm³/mol. The number of carbonyl (C=O) groups excluding carboxylic acids is 1. The molecule has 1 saturated heterocycles. The smallest absolute Gasteiger partial charge is 0.653 e. The SMILES string of the molecule is CC1CCCC[N-]C1=O.[Rb+]. The Hall–Kier alpha value is 1.28. The predicted octanol–water partition coefficient (Wildman–Crippen LogP) is -1.29. The summed E-state index contributed by atoms with van der Waals surface area (Å²) < 4.78 is 0. The van der Waals surface area contributed by atoms with Gasteiger partial charge < -0.3 is 10.1 Å². The van der Waals surface area contributed by atoms with Gasteiger partial charge in [-0.25, -0.2) is 0 Å². The van der Waals surface area contributed by atoms with Crippen LogP contribution in [0.4, 0.5) is 0 Å². The van der Waals surface area contributed by atoms with E-state index in [4.69, 9.17) is 0 Å². The van der Waals surface area contributed by atoms with Gasteiger partial charge in [-0.2, -0.15) is 0 Å². The molecule has 1 atom stereocenters. The van der Waals surface area contributed by atoms with Crippen molar-refractivity contribution in [3.63, 3.8) is 0 Å². The molecule has 0 N–H and O–H groups in total. The van der Waals surface area contributed by atoms with Gasteiger partial charge in [-0.15, -0.1) is 6.54 Å². The first-order chi connectivity index (χ1) is 4.30. The van der Waals surface area contributed by atoms with Gasteiger partial charge in [-0.1, -0.05) is 19.8 Å². The summed E-state index contributed by atoms with van der Waals surface area (Å²) in [5.41, 5.74) is 0. The van der Waals surface area contributed by atoms with Crippen molar-refractivity contribution in [1.29, 1.82) is 0 Å². The summed E-state index contributed by atoms with van der Waals surface area (Å²) in [6.07, 6.45) is 3.29. The second kappa shape index (κ2) is 5.87. The molecule has 0 aromatic rings. The Kier molecular flexibility index (Phi) is 6.61. The normalized spacial score (nSPS) is 26.1. The molecule has 0 radical (unpaired) electrons. The molecule has 52 valence electrons. The number of amides is 1. The Morgan fingerprint density at radius 3 is 2.90 bits per heavy atom. The molecule has 0 aromatic carbocycles. The molecule has 1 fully saturated rings. The third-order valence-electron chi connectivity index (χ3n) is 1.73. The van der Waals surface area contributed by atoms with Crippen molar-refractivity contribution in [2.24, 2.45) is 5.92 Å². The summed E-state index contributed by atoms with van der Waals surface area (Å²) in [6, 6.07) is 0. The molecule has 1 rings (SSSR count). The minimum atomic E-state index is 0. The number of nitrogens with zero attached hydrogens (tertiary/aromatic N) is 1. The third-order valence-corrected chi connectivity index (χ3v) is 1.73. The maximum absolute atomic E-state index is 10.8. The van der Waals surface area contributed by atoms with Crippen LogP contribution < -0.4 is 58.2 Å². The molecule has 0 spiro atoms. The van der Waals surface area contributed by atoms with Gasteiger partial charge in [0.25, 0.3) is 0 Å². The Morgan fingerprint density at radius 2 is 2.20 bits per heavy atom. The van der Waals surface area contributed by atoms with Crippen molar-refractivity contribution in [3.8, 4) is 0 Å². The molecule has 2 nitrogen and oxygen atoms in total. The molecular weight excluding hydrogens is 200 g/mol. The van der Waals surface area contributed by atoms with Crippen LogP contribution in [0.3, 0.4) is 0 Å². The first-order valence-corrected chi connectivity index (χ1v) is 3.52. The van der Waals surface area contributed by atoms with E-state index in [1.54, 1.807) is 0 Å². The van der Waals surface area contributed by atoms with Crippen molar-refractivity contribution >= 4 is 5.91 Å². The average Bonchev–Trinajstić information content (AvgIpc) is 1.99. The van der Waals surface area contributed by atoms with Crippen LogP contribution in [0, 0.1) is 5.92 Å². The molecule has 1 heterocycles. The maximum atomic E-state index is 10.8. The number of rotatable bonds is 0. The van der Waals surface area contributed by atoms with Crippen LogP contribution in [-0.2, 0) is 4.79 Å².